The second kappa shape index (κ2) is 10.5. The third kappa shape index (κ3) is 6.38. The van der Waals surface area contributed by atoms with Crippen LogP contribution in [0.4, 0.5) is 5.69 Å². The number of rotatable bonds is 11. The van der Waals surface area contributed by atoms with Crippen LogP contribution in [0.1, 0.15) is 51.0 Å². The number of aliphatic hydroxyl groups is 1. The molecule has 0 aromatic heterocycles. The molecule has 0 atom stereocenters. The van der Waals surface area contributed by atoms with Crippen LogP contribution in [-0.2, 0) is 0 Å². The van der Waals surface area contributed by atoms with E-state index in [1.54, 1.807) is 7.11 Å². The number of aliphatic hydroxyl groups excluding tert-OH is 1. The fourth-order valence-corrected chi connectivity index (χ4v) is 2.60. The third-order valence-electron chi connectivity index (χ3n) is 3.83. The summed E-state index contributed by atoms with van der Waals surface area (Å²) in [6.07, 6.45) is 7.70. The van der Waals surface area contributed by atoms with E-state index in [9.17, 15) is 5.11 Å². The van der Waals surface area contributed by atoms with Gasteiger partial charge in [-0.3, -0.25) is 0 Å². The van der Waals surface area contributed by atoms with Crippen molar-refractivity contribution in [3.63, 3.8) is 0 Å². The number of hydrogen-bond acceptors (Lipinski definition) is 3. The Hall–Kier alpha value is -1.22. The van der Waals surface area contributed by atoms with Crippen molar-refractivity contribution >= 4 is 5.69 Å². The van der Waals surface area contributed by atoms with Crippen molar-refractivity contribution in [3.8, 4) is 5.75 Å². The topological polar surface area (TPSA) is 32.7 Å². The van der Waals surface area contributed by atoms with Gasteiger partial charge in [-0.05, 0) is 31.0 Å². The zero-order valence-corrected chi connectivity index (χ0v) is 13.9. The number of hydrogen-bond donors (Lipinski definition) is 1. The molecule has 0 heterocycles. The van der Waals surface area contributed by atoms with E-state index in [1.807, 2.05) is 6.07 Å². The number of benzene rings is 1. The molecule has 0 saturated heterocycles. The lowest BCUT2D eigenvalue weighted by Gasteiger charge is -2.26. The Kier molecular flexibility index (Phi) is 8.91. The van der Waals surface area contributed by atoms with Crippen LogP contribution >= 0.6 is 0 Å². The number of anilines is 1. The first-order valence-corrected chi connectivity index (χ1v) is 8.23. The molecule has 0 aliphatic carbocycles. The molecule has 1 N–H and O–H groups in total. The predicted octanol–water partition coefficient (Wildman–Crippen LogP) is 4.16. The summed E-state index contributed by atoms with van der Waals surface area (Å²) in [4.78, 5) is 2.24. The normalized spacial score (nSPS) is 10.7. The Morgan fingerprint density at radius 3 is 2.43 bits per heavy atom. The van der Waals surface area contributed by atoms with E-state index >= 15 is 0 Å². The van der Waals surface area contributed by atoms with Crippen LogP contribution in [0.5, 0.6) is 5.75 Å². The van der Waals surface area contributed by atoms with Crippen LogP contribution in [0, 0.1) is 6.92 Å². The lowest BCUT2D eigenvalue weighted by Crippen LogP contribution is -2.28. The highest BCUT2D eigenvalue weighted by Crippen LogP contribution is 2.29. The molecule has 3 nitrogen and oxygen atoms in total. The molecule has 0 aliphatic heterocycles. The first-order chi connectivity index (χ1) is 10.2. The summed E-state index contributed by atoms with van der Waals surface area (Å²) in [5, 5.41) is 9.32. The molecule has 0 unspecified atom stereocenters. The molecule has 1 aromatic rings. The van der Waals surface area contributed by atoms with Gasteiger partial charge in [0, 0.05) is 13.1 Å². The molecule has 0 aliphatic rings. The highest BCUT2D eigenvalue weighted by atomic mass is 16.5. The standard InChI is InChI=1S/C18H31NO2/c1-4-5-6-7-8-9-12-19(13-14-20)17-15-16(2)10-11-18(17)21-3/h10-11,15,20H,4-9,12-14H2,1-3H3. The van der Waals surface area contributed by atoms with Gasteiger partial charge in [0.15, 0.2) is 0 Å². The van der Waals surface area contributed by atoms with Gasteiger partial charge in [0.05, 0.1) is 19.4 Å². The number of aryl methyl sites for hydroxylation is 1. The molecule has 0 fully saturated rings. The van der Waals surface area contributed by atoms with Crippen LogP contribution in [0.15, 0.2) is 18.2 Å². The van der Waals surface area contributed by atoms with Gasteiger partial charge in [-0.1, -0.05) is 45.1 Å². The largest absolute Gasteiger partial charge is 0.495 e. The van der Waals surface area contributed by atoms with Crippen LogP contribution in [-0.4, -0.2) is 31.9 Å². The highest BCUT2D eigenvalue weighted by Gasteiger charge is 2.11. The third-order valence-corrected chi connectivity index (χ3v) is 3.83. The van der Waals surface area contributed by atoms with Gasteiger partial charge < -0.3 is 14.7 Å². The molecular formula is C18H31NO2. The lowest BCUT2D eigenvalue weighted by molar-refractivity contribution is 0.301. The van der Waals surface area contributed by atoms with Gasteiger partial charge in [0.2, 0.25) is 0 Å². The average Bonchev–Trinajstić information content (AvgIpc) is 2.49. The molecule has 0 bridgehead atoms. The van der Waals surface area contributed by atoms with Gasteiger partial charge in [-0.25, -0.2) is 0 Å². The summed E-state index contributed by atoms with van der Waals surface area (Å²) in [6, 6.07) is 6.21. The Bertz CT molecular complexity index is 393. The Balaban J connectivity index is 2.58. The van der Waals surface area contributed by atoms with Gasteiger partial charge >= 0.3 is 0 Å². The van der Waals surface area contributed by atoms with E-state index in [-0.39, 0.29) is 6.61 Å². The lowest BCUT2D eigenvalue weighted by atomic mass is 10.1. The van der Waals surface area contributed by atoms with Gasteiger partial charge in [-0.15, -0.1) is 0 Å². The Labute approximate surface area is 129 Å². The number of ether oxygens (including phenoxy) is 1. The van der Waals surface area contributed by atoms with Gasteiger partial charge in [0.25, 0.3) is 0 Å². The minimum Gasteiger partial charge on any atom is -0.495 e. The SMILES string of the molecule is CCCCCCCCN(CCO)c1cc(C)ccc1OC. The first kappa shape index (κ1) is 17.8. The molecule has 0 amide bonds. The molecule has 0 saturated carbocycles. The maximum atomic E-state index is 9.32. The van der Waals surface area contributed by atoms with Gasteiger partial charge in [-0.2, -0.15) is 0 Å². The molecule has 0 radical (unpaired) electrons. The van der Waals surface area contributed by atoms with Crippen molar-refractivity contribution < 1.29 is 9.84 Å². The maximum Gasteiger partial charge on any atom is 0.142 e. The molecule has 0 spiro atoms. The number of nitrogens with zero attached hydrogens (tertiary/aromatic N) is 1. The van der Waals surface area contributed by atoms with Crippen molar-refractivity contribution in [3.05, 3.63) is 23.8 Å². The Morgan fingerprint density at radius 1 is 1.05 bits per heavy atom. The van der Waals surface area contributed by atoms with E-state index in [1.165, 1.54) is 44.1 Å². The fraction of sp³-hybridized carbons (Fsp3) is 0.667. The fourth-order valence-electron chi connectivity index (χ4n) is 2.60. The average molecular weight is 293 g/mol. The van der Waals surface area contributed by atoms with Gasteiger partial charge in [0.1, 0.15) is 5.75 Å². The van der Waals surface area contributed by atoms with Crippen molar-refractivity contribution in [2.75, 3.05) is 31.7 Å². The minimum atomic E-state index is 0.174. The molecule has 120 valence electrons. The zero-order chi connectivity index (χ0) is 15.5. The summed E-state index contributed by atoms with van der Waals surface area (Å²) >= 11 is 0. The number of unbranched alkanes of at least 4 members (excludes halogenated alkanes) is 5. The quantitative estimate of drug-likeness (QED) is 0.622. The van der Waals surface area contributed by atoms with E-state index in [4.69, 9.17) is 4.74 Å². The number of methoxy groups -OCH3 is 1. The summed E-state index contributed by atoms with van der Waals surface area (Å²) in [5.41, 5.74) is 2.32. The van der Waals surface area contributed by atoms with Crippen LogP contribution < -0.4 is 9.64 Å². The summed E-state index contributed by atoms with van der Waals surface area (Å²) in [5.74, 6) is 0.889. The van der Waals surface area contributed by atoms with Crippen molar-refractivity contribution in [1.82, 2.24) is 0 Å². The summed E-state index contributed by atoms with van der Waals surface area (Å²) in [7, 11) is 1.70. The molecule has 3 heteroatoms. The first-order valence-electron chi connectivity index (χ1n) is 8.23. The van der Waals surface area contributed by atoms with Crippen LogP contribution in [0.2, 0.25) is 0 Å². The molecular weight excluding hydrogens is 262 g/mol. The summed E-state index contributed by atoms with van der Waals surface area (Å²) < 4.78 is 5.46. The van der Waals surface area contributed by atoms with Crippen LogP contribution in [0.25, 0.3) is 0 Å². The minimum absolute atomic E-state index is 0.174. The smallest absolute Gasteiger partial charge is 0.142 e. The molecule has 1 aromatic carbocycles. The second-order valence-electron chi connectivity index (χ2n) is 5.65. The molecule has 1 rings (SSSR count). The van der Waals surface area contributed by atoms with E-state index in [0.717, 1.165) is 18.0 Å². The summed E-state index contributed by atoms with van der Waals surface area (Å²) in [6.45, 7) is 6.14. The van der Waals surface area contributed by atoms with E-state index in [0.29, 0.717) is 6.54 Å². The van der Waals surface area contributed by atoms with Crippen LogP contribution in [0.3, 0.4) is 0 Å². The highest BCUT2D eigenvalue weighted by molar-refractivity contribution is 5.60. The van der Waals surface area contributed by atoms with Crippen molar-refractivity contribution in [1.29, 1.82) is 0 Å². The van der Waals surface area contributed by atoms with Crippen molar-refractivity contribution in [2.24, 2.45) is 0 Å². The predicted molar refractivity (Wildman–Crippen MR) is 90.4 cm³/mol. The maximum absolute atomic E-state index is 9.32. The zero-order valence-electron chi connectivity index (χ0n) is 13.9. The van der Waals surface area contributed by atoms with Crippen molar-refractivity contribution in [2.45, 2.75) is 52.4 Å². The molecule has 21 heavy (non-hydrogen) atoms. The Morgan fingerprint density at radius 2 is 1.76 bits per heavy atom. The van der Waals surface area contributed by atoms with E-state index < -0.39 is 0 Å². The second-order valence-corrected chi connectivity index (χ2v) is 5.65. The van der Waals surface area contributed by atoms with E-state index in [2.05, 4.69) is 30.9 Å². The monoisotopic (exact) mass is 293 g/mol.